The normalized spacial score (nSPS) is 10.9. The first-order chi connectivity index (χ1) is 16.8. The molecule has 0 saturated carbocycles. The maximum Gasteiger partial charge on any atom is 0.174 e. The molecule has 0 saturated heterocycles. The van der Waals surface area contributed by atoms with Crippen molar-refractivity contribution in [2.24, 2.45) is 0 Å². The SMILES string of the molecule is c1cncc(-c2ccc(-c3nc(-c4ncc[nH]4)[nH]c3-c3ccc(-c4cccnc4)cc3)cc2)c1. The van der Waals surface area contributed by atoms with E-state index in [4.69, 9.17) is 4.98 Å². The third-order valence-corrected chi connectivity index (χ3v) is 5.75. The lowest BCUT2D eigenvalue weighted by Gasteiger charge is -2.07. The van der Waals surface area contributed by atoms with Crippen molar-refractivity contribution in [2.75, 3.05) is 0 Å². The van der Waals surface area contributed by atoms with Crippen LogP contribution < -0.4 is 0 Å². The number of H-pyrrole nitrogens is 2. The number of aromatic nitrogens is 6. The Kier molecular flexibility index (Phi) is 5.01. The summed E-state index contributed by atoms with van der Waals surface area (Å²) in [5.41, 5.74) is 8.28. The van der Waals surface area contributed by atoms with E-state index in [-0.39, 0.29) is 0 Å². The van der Waals surface area contributed by atoms with E-state index < -0.39 is 0 Å². The van der Waals surface area contributed by atoms with Crippen LogP contribution in [0.5, 0.6) is 0 Å². The zero-order chi connectivity index (χ0) is 22.7. The van der Waals surface area contributed by atoms with Crippen LogP contribution >= 0.6 is 0 Å². The molecule has 162 valence electrons. The summed E-state index contributed by atoms with van der Waals surface area (Å²) in [7, 11) is 0. The first kappa shape index (κ1) is 19.8. The molecule has 6 aromatic rings. The molecule has 6 nitrogen and oxygen atoms in total. The second-order valence-electron chi connectivity index (χ2n) is 7.88. The van der Waals surface area contributed by atoms with Gasteiger partial charge in [0.05, 0.1) is 11.4 Å². The van der Waals surface area contributed by atoms with Crippen LogP contribution in [-0.4, -0.2) is 29.9 Å². The average molecular weight is 441 g/mol. The van der Waals surface area contributed by atoms with E-state index in [1.807, 2.05) is 24.5 Å². The fourth-order valence-electron chi connectivity index (χ4n) is 4.01. The standard InChI is InChI=1S/C28H20N6/c1-3-23(17-29-13-1)19-5-9-21(10-6-19)25-26(34-28(33-25)27-31-15-16-32-27)22-11-7-20(8-12-22)24-4-2-14-30-18-24/h1-18H,(H,31,32)(H,33,34). The van der Waals surface area contributed by atoms with E-state index in [0.717, 1.165) is 44.8 Å². The second kappa shape index (κ2) is 8.60. The molecule has 0 aliphatic carbocycles. The first-order valence-corrected chi connectivity index (χ1v) is 11.0. The van der Waals surface area contributed by atoms with Crippen LogP contribution in [0.4, 0.5) is 0 Å². The average Bonchev–Trinajstić information content (AvgIpc) is 3.61. The van der Waals surface area contributed by atoms with Crippen molar-refractivity contribution >= 4 is 0 Å². The van der Waals surface area contributed by atoms with Crippen molar-refractivity contribution < 1.29 is 0 Å². The lowest BCUT2D eigenvalue weighted by molar-refractivity contribution is 1.20. The van der Waals surface area contributed by atoms with E-state index in [0.29, 0.717) is 11.6 Å². The van der Waals surface area contributed by atoms with Gasteiger partial charge in [-0.2, -0.15) is 0 Å². The van der Waals surface area contributed by atoms with E-state index >= 15 is 0 Å². The third-order valence-electron chi connectivity index (χ3n) is 5.75. The Bertz CT molecular complexity index is 1400. The number of hydrogen-bond acceptors (Lipinski definition) is 4. The summed E-state index contributed by atoms with van der Waals surface area (Å²) < 4.78 is 0. The summed E-state index contributed by atoms with van der Waals surface area (Å²) in [6.07, 6.45) is 10.8. The molecule has 0 unspecified atom stereocenters. The highest BCUT2D eigenvalue weighted by atomic mass is 15.0. The summed E-state index contributed by atoms with van der Waals surface area (Å²) in [6.45, 7) is 0. The van der Waals surface area contributed by atoms with Gasteiger partial charge >= 0.3 is 0 Å². The van der Waals surface area contributed by atoms with Crippen molar-refractivity contribution in [1.29, 1.82) is 0 Å². The van der Waals surface area contributed by atoms with Crippen molar-refractivity contribution in [3.63, 3.8) is 0 Å². The fraction of sp³-hybridized carbons (Fsp3) is 0. The highest BCUT2D eigenvalue weighted by Crippen LogP contribution is 2.34. The van der Waals surface area contributed by atoms with Gasteiger partial charge in [0, 0.05) is 48.3 Å². The molecule has 6 rings (SSSR count). The quantitative estimate of drug-likeness (QED) is 0.331. The van der Waals surface area contributed by atoms with Gasteiger partial charge in [0.25, 0.3) is 0 Å². The molecular weight excluding hydrogens is 420 g/mol. The highest BCUT2D eigenvalue weighted by molar-refractivity contribution is 5.82. The van der Waals surface area contributed by atoms with Crippen LogP contribution in [0.15, 0.2) is 110 Å². The predicted octanol–water partition coefficient (Wildman–Crippen LogP) is 6.26. The second-order valence-corrected chi connectivity index (χ2v) is 7.88. The van der Waals surface area contributed by atoms with Gasteiger partial charge in [0.15, 0.2) is 11.6 Å². The summed E-state index contributed by atoms with van der Waals surface area (Å²) in [5.74, 6) is 1.40. The van der Waals surface area contributed by atoms with Gasteiger partial charge in [-0.1, -0.05) is 60.7 Å². The number of benzene rings is 2. The van der Waals surface area contributed by atoms with E-state index in [1.54, 1.807) is 24.8 Å². The molecule has 4 heterocycles. The molecule has 0 aliphatic heterocycles. The molecule has 34 heavy (non-hydrogen) atoms. The molecule has 0 aliphatic rings. The zero-order valence-electron chi connectivity index (χ0n) is 18.2. The lowest BCUT2D eigenvalue weighted by atomic mass is 10.00. The number of nitrogens with zero attached hydrogens (tertiary/aromatic N) is 4. The maximum absolute atomic E-state index is 4.91. The smallest absolute Gasteiger partial charge is 0.174 e. The Morgan fingerprint density at radius 2 is 1.12 bits per heavy atom. The highest BCUT2D eigenvalue weighted by Gasteiger charge is 2.17. The topological polar surface area (TPSA) is 83.1 Å². The van der Waals surface area contributed by atoms with Gasteiger partial charge in [-0.3, -0.25) is 9.97 Å². The van der Waals surface area contributed by atoms with E-state index in [2.05, 4.69) is 85.6 Å². The Hall–Kier alpha value is -4.84. The Morgan fingerprint density at radius 3 is 1.65 bits per heavy atom. The van der Waals surface area contributed by atoms with Crippen molar-refractivity contribution in [3.05, 3.63) is 110 Å². The minimum atomic E-state index is 0.697. The summed E-state index contributed by atoms with van der Waals surface area (Å²) in [5, 5.41) is 0. The number of rotatable bonds is 5. The number of aromatic amines is 2. The predicted molar refractivity (Wildman–Crippen MR) is 134 cm³/mol. The number of nitrogens with one attached hydrogen (secondary N) is 2. The van der Waals surface area contributed by atoms with Gasteiger partial charge in [-0.05, 0) is 34.4 Å². The van der Waals surface area contributed by atoms with E-state index in [9.17, 15) is 0 Å². The van der Waals surface area contributed by atoms with Crippen molar-refractivity contribution in [1.82, 2.24) is 29.9 Å². The Morgan fingerprint density at radius 1 is 0.529 bits per heavy atom. The van der Waals surface area contributed by atoms with Crippen LogP contribution in [0.25, 0.3) is 56.4 Å². The van der Waals surface area contributed by atoms with Gasteiger partial charge in [-0.15, -0.1) is 0 Å². The van der Waals surface area contributed by atoms with Gasteiger partial charge in [0.2, 0.25) is 0 Å². The molecule has 0 spiro atoms. The largest absolute Gasteiger partial charge is 0.342 e. The van der Waals surface area contributed by atoms with Crippen LogP contribution in [0.3, 0.4) is 0 Å². The lowest BCUT2D eigenvalue weighted by Crippen LogP contribution is -1.86. The number of imidazole rings is 2. The number of pyridine rings is 2. The minimum absolute atomic E-state index is 0.697. The Labute approximate surface area is 196 Å². The summed E-state index contributed by atoms with van der Waals surface area (Å²) in [6, 6.07) is 24.8. The molecule has 0 radical (unpaired) electrons. The van der Waals surface area contributed by atoms with Crippen molar-refractivity contribution in [2.45, 2.75) is 0 Å². The zero-order valence-corrected chi connectivity index (χ0v) is 18.2. The van der Waals surface area contributed by atoms with Gasteiger partial charge in [-0.25, -0.2) is 9.97 Å². The third kappa shape index (κ3) is 3.78. The Balaban J connectivity index is 1.41. The molecule has 0 atom stereocenters. The van der Waals surface area contributed by atoms with E-state index in [1.165, 1.54) is 0 Å². The van der Waals surface area contributed by atoms with Crippen molar-refractivity contribution in [3.8, 4) is 56.4 Å². The van der Waals surface area contributed by atoms with Gasteiger partial charge in [0.1, 0.15) is 0 Å². The molecule has 0 fully saturated rings. The minimum Gasteiger partial charge on any atom is -0.342 e. The molecule has 0 bridgehead atoms. The van der Waals surface area contributed by atoms with Crippen LogP contribution in [0.1, 0.15) is 0 Å². The van der Waals surface area contributed by atoms with Crippen LogP contribution in [0.2, 0.25) is 0 Å². The fourth-order valence-corrected chi connectivity index (χ4v) is 4.01. The number of hydrogen-bond donors (Lipinski definition) is 2. The van der Waals surface area contributed by atoms with Gasteiger partial charge < -0.3 is 9.97 Å². The molecule has 6 heteroatoms. The molecule has 0 amide bonds. The molecular formula is C28H20N6. The molecule has 4 aromatic heterocycles. The summed E-state index contributed by atoms with van der Waals surface area (Å²) >= 11 is 0. The summed E-state index contributed by atoms with van der Waals surface area (Å²) in [4.78, 5) is 24.4. The first-order valence-electron chi connectivity index (χ1n) is 11.0. The molecule has 2 aromatic carbocycles. The van der Waals surface area contributed by atoms with Crippen LogP contribution in [0, 0.1) is 0 Å². The monoisotopic (exact) mass is 440 g/mol. The maximum atomic E-state index is 4.91. The molecule has 2 N–H and O–H groups in total. The van der Waals surface area contributed by atoms with Crippen LogP contribution in [-0.2, 0) is 0 Å².